The molecule has 4 aliphatic carbocycles. The van der Waals surface area contributed by atoms with Gasteiger partial charge in [-0.3, -0.25) is 4.79 Å². The number of hydrogen-bond acceptors (Lipinski definition) is 4. The maximum Gasteiger partial charge on any atom is 0.157 e. The topological polar surface area (TPSA) is 52.6 Å². The monoisotopic (exact) mass is 386 g/mol. The summed E-state index contributed by atoms with van der Waals surface area (Å²) >= 11 is 0. The van der Waals surface area contributed by atoms with E-state index in [9.17, 15) is 9.59 Å². The summed E-state index contributed by atoms with van der Waals surface area (Å²) in [5.41, 5.74) is 0.853. The number of ketones is 1. The summed E-state index contributed by atoms with van der Waals surface area (Å²) in [7, 11) is 0. The molecule has 3 saturated carbocycles. The summed E-state index contributed by atoms with van der Waals surface area (Å²) in [5, 5.41) is 0. The second-order valence-corrected chi connectivity index (χ2v) is 10.2. The lowest BCUT2D eigenvalue weighted by Crippen LogP contribution is -2.53. The molecule has 0 radical (unpaired) electrons. The van der Waals surface area contributed by atoms with E-state index in [4.69, 9.17) is 9.47 Å². The van der Waals surface area contributed by atoms with Crippen LogP contribution in [0.4, 0.5) is 0 Å². The van der Waals surface area contributed by atoms with E-state index in [1.165, 1.54) is 18.3 Å². The second-order valence-electron chi connectivity index (χ2n) is 10.2. The van der Waals surface area contributed by atoms with Gasteiger partial charge in [-0.05, 0) is 82.0 Å². The molecule has 0 amide bonds. The molecule has 4 nitrogen and oxygen atoms in total. The Hall–Kier alpha value is -1.00. The van der Waals surface area contributed by atoms with Crippen LogP contribution in [0, 0.1) is 28.6 Å². The van der Waals surface area contributed by atoms with Crippen molar-refractivity contribution in [2.75, 3.05) is 6.61 Å². The van der Waals surface area contributed by atoms with Gasteiger partial charge in [-0.2, -0.15) is 0 Å². The van der Waals surface area contributed by atoms with Crippen molar-refractivity contribution in [1.82, 2.24) is 0 Å². The Bertz CT molecular complexity index is 678. The third-order valence-corrected chi connectivity index (χ3v) is 9.04. The van der Waals surface area contributed by atoms with Crippen LogP contribution < -0.4 is 0 Å². The predicted molar refractivity (Wildman–Crippen MR) is 106 cm³/mol. The molecule has 4 heteroatoms. The third-order valence-electron chi connectivity index (χ3n) is 9.04. The van der Waals surface area contributed by atoms with Gasteiger partial charge in [0.05, 0.1) is 11.5 Å². The fourth-order valence-electron chi connectivity index (χ4n) is 7.51. The fourth-order valence-corrected chi connectivity index (χ4v) is 7.51. The van der Waals surface area contributed by atoms with Crippen molar-refractivity contribution in [3.8, 4) is 0 Å². The lowest BCUT2D eigenvalue weighted by molar-refractivity contribution is -0.201. The van der Waals surface area contributed by atoms with E-state index in [0.717, 1.165) is 70.8 Å². The number of fused-ring (bicyclic) bond motifs is 5. The zero-order chi connectivity index (χ0) is 19.4. The lowest BCUT2D eigenvalue weighted by atomic mass is 9.48. The van der Waals surface area contributed by atoms with Crippen molar-refractivity contribution in [3.05, 3.63) is 11.6 Å². The molecular formula is C24H34O4. The van der Waals surface area contributed by atoms with Crippen LogP contribution in [0.2, 0.25) is 0 Å². The number of Topliss-reactive ketones (excluding diaryl/α,β-unsaturated/α-hetero) is 1. The highest BCUT2D eigenvalue weighted by molar-refractivity contribution is 5.87. The number of carbonyl (C=O) groups excluding carboxylic acids is 2. The van der Waals surface area contributed by atoms with Crippen molar-refractivity contribution in [1.29, 1.82) is 0 Å². The summed E-state index contributed by atoms with van der Waals surface area (Å²) in [6.45, 7) is 2.99. The van der Waals surface area contributed by atoms with Gasteiger partial charge in [0, 0.05) is 18.4 Å². The van der Waals surface area contributed by atoms with Crippen LogP contribution >= 0.6 is 0 Å². The van der Waals surface area contributed by atoms with E-state index in [-0.39, 0.29) is 23.2 Å². The number of rotatable bonds is 3. The molecule has 1 heterocycles. The van der Waals surface area contributed by atoms with Crippen LogP contribution in [0.3, 0.4) is 0 Å². The van der Waals surface area contributed by atoms with Gasteiger partial charge in [0.2, 0.25) is 0 Å². The van der Waals surface area contributed by atoms with E-state index < -0.39 is 0 Å². The second kappa shape index (κ2) is 7.05. The fraction of sp³-hybridized carbons (Fsp3) is 0.833. The molecule has 0 bridgehead atoms. The Balaban J connectivity index is 1.39. The molecule has 5 rings (SSSR count). The van der Waals surface area contributed by atoms with Crippen molar-refractivity contribution < 1.29 is 19.1 Å². The van der Waals surface area contributed by atoms with Crippen LogP contribution in [0.1, 0.15) is 77.6 Å². The Kier molecular flexibility index (Phi) is 4.78. The minimum Gasteiger partial charge on any atom is -0.353 e. The average Bonchev–Trinajstić information content (AvgIpc) is 3.03. The molecular weight excluding hydrogens is 352 g/mol. The van der Waals surface area contributed by atoms with Crippen molar-refractivity contribution in [2.45, 2.75) is 89.9 Å². The Labute approximate surface area is 168 Å². The number of allylic oxidation sites excluding steroid dienone is 2. The highest BCUT2D eigenvalue weighted by Crippen LogP contribution is 2.63. The molecule has 0 N–H and O–H groups in total. The highest BCUT2D eigenvalue weighted by Gasteiger charge is 2.60. The van der Waals surface area contributed by atoms with E-state index in [2.05, 4.69) is 13.0 Å². The van der Waals surface area contributed by atoms with Gasteiger partial charge in [0.15, 0.2) is 6.29 Å². The molecule has 1 saturated heterocycles. The first-order chi connectivity index (χ1) is 13.6. The molecule has 154 valence electrons. The molecule has 0 aromatic rings. The van der Waals surface area contributed by atoms with Crippen LogP contribution in [0.15, 0.2) is 11.6 Å². The van der Waals surface area contributed by atoms with Crippen LogP contribution in [-0.4, -0.2) is 31.1 Å². The zero-order valence-electron chi connectivity index (χ0n) is 17.2. The van der Waals surface area contributed by atoms with E-state index >= 15 is 0 Å². The first-order valence-electron chi connectivity index (χ1n) is 11.5. The number of hydrogen-bond donors (Lipinski definition) is 0. The summed E-state index contributed by atoms with van der Waals surface area (Å²) in [4.78, 5) is 25.2. The van der Waals surface area contributed by atoms with E-state index in [1.807, 2.05) is 0 Å². The Morgan fingerprint density at radius 1 is 1.14 bits per heavy atom. The van der Waals surface area contributed by atoms with Gasteiger partial charge in [-0.25, -0.2) is 0 Å². The molecule has 5 unspecified atom stereocenters. The van der Waals surface area contributed by atoms with Gasteiger partial charge in [-0.1, -0.05) is 18.6 Å². The van der Waals surface area contributed by atoms with Gasteiger partial charge >= 0.3 is 0 Å². The standard InChI is InChI=1S/C24H34O4/c1-23-12-11-20-18(19(23)9-10-21(23)26)8-6-16-5-7-17(14-24(16,20)15-25)28-22-4-2-3-13-27-22/h6,15,17-20,22H,2-5,7-14H2,1H3/t17?,18?,19?,20?,22?,23-,24+/m0/s1. The molecule has 0 aromatic carbocycles. The summed E-state index contributed by atoms with van der Waals surface area (Å²) in [5.74, 6) is 1.78. The summed E-state index contributed by atoms with van der Waals surface area (Å²) < 4.78 is 12.2. The van der Waals surface area contributed by atoms with Crippen molar-refractivity contribution >= 4 is 12.1 Å². The summed E-state index contributed by atoms with van der Waals surface area (Å²) in [6, 6.07) is 0. The predicted octanol–water partition coefficient (Wildman–Crippen LogP) is 4.61. The minimum absolute atomic E-state index is 0.0885. The SMILES string of the molecule is C[C@]12CCC3C(CC=C4CCC(OC5CCCCO5)C[C@@]43C=O)C1CCC2=O. The van der Waals surface area contributed by atoms with Gasteiger partial charge in [0.1, 0.15) is 12.1 Å². The average molecular weight is 387 g/mol. The summed E-state index contributed by atoms with van der Waals surface area (Å²) in [6.07, 6.45) is 14.5. The van der Waals surface area contributed by atoms with Crippen LogP contribution in [0.5, 0.6) is 0 Å². The quantitative estimate of drug-likeness (QED) is 0.525. The molecule has 7 atom stereocenters. The largest absolute Gasteiger partial charge is 0.353 e. The third kappa shape index (κ3) is 2.78. The van der Waals surface area contributed by atoms with Crippen molar-refractivity contribution in [2.24, 2.45) is 28.6 Å². The first-order valence-corrected chi connectivity index (χ1v) is 11.5. The lowest BCUT2D eigenvalue weighted by Gasteiger charge is -2.56. The Morgan fingerprint density at radius 2 is 2.04 bits per heavy atom. The van der Waals surface area contributed by atoms with Gasteiger partial charge in [0.25, 0.3) is 0 Å². The first kappa shape index (κ1) is 19.0. The molecule has 0 spiro atoms. The van der Waals surface area contributed by atoms with E-state index in [0.29, 0.717) is 23.5 Å². The number of ether oxygens (including phenoxy) is 2. The molecule has 28 heavy (non-hydrogen) atoms. The maximum atomic E-state index is 12.7. The molecule has 5 aliphatic rings. The Morgan fingerprint density at radius 3 is 2.82 bits per heavy atom. The van der Waals surface area contributed by atoms with Crippen LogP contribution in [-0.2, 0) is 19.1 Å². The minimum atomic E-state index is -0.368. The molecule has 0 aromatic heterocycles. The van der Waals surface area contributed by atoms with Gasteiger partial charge in [-0.15, -0.1) is 0 Å². The molecule has 4 fully saturated rings. The number of aldehydes is 1. The van der Waals surface area contributed by atoms with Gasteiger partial charge < -0.3 is 14.3 Å². The van der Waals surface area contributed by atoms with Crippen molar-refractivity contribution in [3.63, 3.8) is 0 Å². The highest BCUT2D eigenvalue weighted by atomic mass is 16.7. The van der Waals surface area contributed by atoms with E-state index in [1.54, 1.807) is 0 Å². The van der Waals surface area contributed by atoms with Crippen LogP contribution in [0.25, 0.3) is 0 Å². The zero-order valence-corrected chi connectivity index (χ0v) is 17.2. The smallest absolute Gasteiger partial charge is 0.157 e. The number of carbonyl (C=O) groups is 2. The maximum absolute atomic E-state index is 12.7. The molecule has 1 aliphatic heterocycles. The normalized spacial score (nSPS) is 48.2.